The molecule has 0 radical (unpaired) electrons. The summed E-state index contributed by atoms with van der Waals surface area (Å²) in [5, 5.41) is 4.37. The Morgan fingerprint density at radius 2 is 1.50 bits per heavy atom. The van der Waals surface area contributed by atoms with Crippen LogP contribution in [0.25, 0.3) is 0 Å². The first kappa shape index (κ1) is 20.6. The van der Waals surface area contributed by atoms with Crippen LogP contribution in [0.1, 0.15) is 5.56 Å². The summed E-state index contributed by atoms with van der Waals surface area (Å²) in [6.45, 7) is 1.80. The molecule has 1 fully saturated rings. The molecule has 2 heterocycles. The van der Waals surface area contributed by atoms with E-state index in [2.05, 4.69) is 5.10 Å². The Bertz CT molecular complexity index is 1180. The van der Waals surface area contributed by atoms with Crippen molar-refractivity contribution in [3.05, 3.63) is 87.8 Å². The van der Waals surface area contributed by atoms with E-state index < -0.39 is 10.0 Å². The standard InChI is InChI=1S/C21H21ClN4O3S/c22-20-19(15-23-26(21(20)27)16-17-7-3-1-4-8-17)24-11-13-25(14-12-24)30(28,29)18-9-5-2-6-10-18/h1-10,15H,11-14,16H2. The first-order chi connectivity index (χ1) is 14.5. The number of anilines is 1. The van der Waals surface area contributed by atoms with Gasteiger partial charge < -0.3 is 4.90 Å². The average Bonchev–Trinajstić information content (AvgIpc) is 2.78. The lowest BCUT2D eigenvalue weighted by molar-refractivity contribution is 0.384. The molecule has 0 saturated carbocycles. The minimum absolute atomic E-state index is 0.0975. The Balaban J connectivity index is 1.49. The van der Waals surface area contributed by atoms with E-state index in [1.807, 2.05) is 35.2 Å². The number of benzene rings is 2. The lowest BCUT2D eigenvalue weighted by atomic mass is 10.2. The van der Waals surface area contributed by atoms with E-state index in [1.165, 1.54) is 8.99 Å². The summed E-state index contributed by atoms with van der Waals surface area (Å²) >= 11 is 6.37. The van der Waals surface area contributed by atoms with Crippen LogP contribution in [-0.2, 0) is 16.6 Å². The monoisotopic (exact) mass is 444 g/mol. The SMILES string of the molecule is O=c1c(Cl)c(N2CCN(S(=O)(=O)c3ccccc3)CC2)cnn1Cc1ccccc1. The molecule has 1 saturated heterocycles. The van der Waals surface area contributed by atoms with Gasteiger partial charge in [-0.15, -0.1) is 0 Å². The van der Waals surface area contributed by atoms with Crippen molar-refractivity contribution in [1.29, 1.82) is 0 Å². The number of hydrogen-bond acceptors (Lipinski definition) is 5. The Kier molecular flexibility index (Phi) is 5.90. The molecule has 0 unspecified atom stereocenters. The molecular formula is C21H21ClN4O3S. The molecule has 1 aliphatic heterocycles. The zero-order valence-corrected chi connectivity index (χ0v) is 17.8. The number of halogens is 1. The molecule has 1 aliphatic rings. The average molecular weight is 445 g/mol. The number of rotatable bonds is 5. The highest BCUT2D eigenvalue weighted by atomic mass is 35.5. The fraction of sp³-hybridized carbons (Fsp3) is 0.238. The van der Waals surface area contributed by atoms with Gasteiger partial charge in [-0.05, 0) is 17.7 Å². The molecule has 3 aromatic rings. The first-order valence-electron chi connectivity index (χ1n) is 9.56. The number of nitrogens with zero attached hydrogens (tertiary/aromatic N) is 4. The van der Waals surface area contributed by atoms with Crippen LogP contribution >= 0.6 is 11.6 Å². The molecule has 0 N–H and O–H groups in total. The number of hydrogen-bond donors (Lipinski definition) is 0. The van der Waals surface area contributed by atoms with Gasteiger partial charge in [0.25, 0.3) is 5.56 Å². The fourth-order valence-electron chi connectivity index (χ4n) is 3.46. The summed E-state index contributed by atoms with van der Waals surface area (Å²) < 4.78 is 28.4. The number of sulfonamides is 1. The summed E-state index contributed by atoms with van der Waals surface area (Å²) in [7, 11) is -3.54. The maximum absolute atomic E-state index is 12.8. The van der Waals surface area contributed by atoms with Gasteiger partial charge in [0.05, 0.1) is 23.3 Å². The van der Waals surface area contributed by atoms with Crippen molar-refractivity contribution in [2.45, 2.75) is 11.4 Å². The predicted molar refractivity (Wildman–Crippen MR) is 116 cm³/mol. The van der Waals surface area contributed by atoms with Crippen molar-refractivity contribution >= 4 is 27.3 Å². The lowest BCUT2D eigenvalue weighted by Crippen LogP contribution is -2.49. The van der Waals surface area contributed by atoms with E-state index >= 15 is 0 Å². The predicted octanol–water partition coefficient (Wildman–Crippen LogP) is 2.46. The Hall–Kier alpha value is -2.68. The van der Waals surface area contributed by atoms with E-state index in [-0.39, 0.29) is 15.5 Å². The van der Waals surface area contributed by atoms with Gasteiger partial charge in [-0.3, -0.25) is 4.79 Å². The quantitative estimate of drug-likeness (QED) is 0.604. The van der Waals surface area contributed by atoms with E-state index in [0.29, 0.717) is 38.4 Å². The van der Waals surface area contributed by atoms with Gasteiger partial charge in [-0.1, -0.05) is 60.1 Å². The van der Waals surface area contributed by atoms with Gasteiger partial charge >= 0.3 is 0 Å². The Morgan fingerprint density at radius 3 is 2.13 bits per heavy atom. The Morgan fingerprint density at radius 1 is 0.900 bits per heavy atom. The third-order valence-electron chi connectivity index (χ3n) is 5.10. The summed E-state index contributed by atoms with van der Waals surface area (Å²) in [6.07, 6.45) is 1.58. The molecule has 0 bridgehead atoms. The lowest BCUT2D eigenvalue weighted by Gasteiger charge is -2.35. The molecule has 0 amide bonds. The van der Waals surface area contributed by atoms with Crippen LogP contribution in [0.4, 0.5) is 5.69 Å². The van der Waals surface area contributed by atoms with Gasteiger partial charge in [0.15, 0.2) is 0 Å². The zero-order chi connectivity index (χ0) is 21.1. The second-order valence-electron chi connectivity index (χ2n) is 7.00. The molecule has 7 nitrogen and oxygen atoms in total. The zero-order valence-electron chi connectivity index (χ0n) is 16.2. The molecule has 30 heavy (non-hydrogen) atoms. The van der Waals surface area contributed by atoms with Crippen LogP contribution in [-0.4, -0.2) is 48.7 Å². The normalized spacial score (nSPS) is 15.3. The number of aromatic nitrogens is 2. The van der Waals surface area contributed by atoms with Crippen LogP contribution < -0.4 is 10.5 Å². The van der Waals surface area contributed by atoms with Crippen molar-refractivity contribution in [1.82, 2.24) is 14.1 Å². The second-order valence-corrected chi connectivity index (χ2v) is 9.31. The highest BCUT2D eigenvalue weighted by Crippen LogP contribution is 2.24. The fourth-order valence-corrected chi connectivity index (χ4v) is 5.17. The van der Waals surface area contributed by atoms with Crippen molar-refractivity contribution in [3.8, 4) is 0 Å². The Labute approximate surface area is 180 Å². The van der Waals surface area contributed by atoms with Gasteiger partial charge in [-0.25, -0.2) is 13.1 Å². The highest BCUT2D eigenvalue weighted by molar-refractivity contribution is 7.89. The molecule has 0 spiro atoms. The van der Waals surface area contributed by atoms with Crippen LogP contribution in [0.5, 0.6) is 0 Å². The highest BCUT2D eigenvalue weighted by Gasteiger charge is 2.29. The van der Waals surface area contributed by atoms with Crippen molar-refractivity contribution in [2.24, 2.45) is 0 Å². The molecule has 0 atom stereocenters. The van der Waals surface area contributed by atoms with Crippen molar-refractivity contribution < 1.29 is 8.42 Å². The summed E-state index contributed by atoms with van der Waals surface area (Å²) in [5.41, 5.74) is 1.12. The molecule has 0 aliphatic carbocycles. The molecule has 4 rings (SSSR count). The minimum Gasteiger partial charge on any atom is -0.366 e. The van der Waals surface area contributed by atoms with Crippen LogP contribution in [0.15, 0.2) is 76.6 Å². The van der Waals surface area contributed by atoms with Crippen LogP contribution in [0.2, 0.25) is 5.02 Å². The van der Waals surface area contributed by atoms with Crippen LogP contribution in [0.3, 0.4) is 0 Å². The molecular weight excluding hydrogens is 424 g/mol. The summed E-state index contributed by atoms with van der Waals surface area (Å²) in [4.78, 5) is 14.9. The summed E-state index contributed by atoms with van der Waals surface area (Å²) in [5.74, 6) is 0. The smallest absolute Gasteiger partial charge is 0.287 e. The number of piperazine rings is 1. The topological polar surface area (TPSA) is 75.5 Å². The van der Waals surface area contributed by atoms with Gasteiger partial charge in [-0.2, -0.15) is 9.40 Å². The second kappa shape index (κ2) is 8.59. The van der Waals surface area contributed by atoms with Gasteiger partial charge in [0, 0.05) is 26.2 Å². The summed E-state index contributed by atoms with van der Waals surface area (Å²) in [6, 6.07) is 17.9. The van der Waals surface area contributed by atoms with Crippen LogP contribution in [0, 0.1) is 0 Å². The maximum atomic E-state index is 12.8. The third kappa shape index (κ3) is 4.12. The maximum Gasteiger partial charge on any atom is 0.287 e. The van der Waals surface area contributed by atoms with E-state index in [9.17, 15) is 13.2 Å². The first-order valence-corrected chi connectivity index (χ1v) is 11.4. The molecule has 9 heteroatoms. The van der Waals surface area contributed by atoms with E-state index in [4.69, 9.17) is 11.6 Å². The van der Waals surface area contributed by atoms with Crippen molar-refractivity contribution in [3.63, 3.8) is 0 Å². The third-order valence-corrected chi connectivity index (χ3v) is 7.37. The van der Waals surface area contributed by atoms with E-state index in [0.717, 1.165) is 5.56 Å². The molecule has 156 valence electrons. The largest absolute Gasteiger partial charge is 0.366 e. The minimum atomic E-state index is -3.54. The van der Waals surface area contributed by atoms with E-state index in [1.54, 1.807) is 36.5 Å². The van der Waals surface area contributed by atoms with Gasteiger partial charge in [0.2, 0.25) is 10.0 Å². The van der Waals surface area contributed by atoms with Gasteiger partial charge in [0.1, 0.15) is 5.02 Å². The van der Waals surface area contributed by atoms with Crippen molar-refractivity contribution in [2.75, 3.05) is 31.1 Å². The molecule has 1 aromatic heterocycles. The molecule has 2 aromatic carbocycles.